The van der Waals surface area contributed by atoms with Gasteiger partial charge in [-0.05, 0) is 99.8 Å². The minimum Gasteiger partial charge on any atom is -0.508 e. The number of fused-ring (bicyclic) bond motifs is 3. The van der Waals surface area contributed by atoms with Crippen molar-refractivity contribution in [3.8, 4) is 5.75 Å². The van der Waals surface area contributed by atoms with E-state index in [4.69, 9.17) is 11.5 Å². The molecule has 0 saturated carbocycles. The molecule has 0 aromatic heterocycles. The van der Waals surface area contributed by atoms with Gasteiger partial charge >= 0.3 is 5.97 Å². The van der Waals surface area contributed by atoms with Crippen molar-refractivity contribution < 1.29 is 39.0 Å². The lowest BCUT2D eigenvalue weighted by Crippen LogP contribution is -2.60. The van der Waals surface area contributed by atoms with Crippen molar-refractivity contribution >= 4 is 35.5 Å². The van der Waals surface area contributed by atoms with Crippen LogP contribution in [0.3, 0.4) is 0 Å². The number of nitrogens with one attached hydrogen (secondary N) is 4. The van der Waals surface area contributed by atoms with E-state index in [0.717, 1.165) is 32.1 Å². The second-order valence-electron chi connectivity index (χ2n) is 16.4. The Morgan fingerprint density at radius 3 is 2.38 bits per heavy atom. The number of hydrogen-bond donors (Lipinski definition) is 8. The zero-order chi connectivity index (χ0) is 42.8. The van der Waals surface area contributed by atoms with Gasteiger partial charge in [-0.2, -0.15) is 0 Å². The Morgan fingerprint density at radius 1 is 0.948 bits per heavy atom. The molecule has 58 heavy (non-hydrogen) atoms. The fraction of sp³-hybridized carbons (Fsp3) is 0.674. The first-order valence-corrected chi connectivity index (χ1v) is 21.3. The van der Waals surface area contributed by atoms with E-state index in [9.17, 15) is 39.0 Å². The van der Waals surface area contributed by atoms with Gasteiger partial charge in [0.05, 0.1) is 6.04 Å². The Labute approximate surface area is 343 Å². The number of phenols is 1. The molecular weight excluding hydrogens is 743 g/mol. The number of phenolic OH excluding ortho intramolecular Hbond substituents is 1. The molecule has 0 aliphatic carbocycles. The zero-order valence-corrected chi connectivity index (χ0v) is 35.0. The molecule has 0 unspecified atom stereocenters. The van der Waals surface area contributed by atoms with Gasteiger partial charge in [0.1, 0.15) is 36.0 Å². The Morgan fingerprint density at radius 2 is 1.69 bits per heavy atom. The molecule has 1 saturated heterocycles. The molecule has 0 spiro atoms. The van der Waals surface area contributed by atoms with Crippen LogP contribution in [0.2, 0.25) is 0 Å². The molecule has 5 amide bonds. The molecule has 3 rings (SSSR count). The maximum absolute atomic E-state index is 14.3. The van der Waals surface area contributed by atoms with E-state index in [-0.39, 0.29) is 31.1 Å². The van der Waals surface area contributed by atoms with Crippen molar-refractivity contribution in [1.82, 2.24) is 26.2 Å². The molecule has 1 fully saturated rings. The molecule has 2 aliphatic rings. The summed E-state index contributed by atoms with van der Waals surface area (Å²) in [7, 11) is 0. The third-order valence-corrected chi connectivity index (χ3v) is 11.2. The van der Waals surface area contributed by atoms with E-state index in [0.29, 0.717) is 69.0 Å². The van der Waals surface area contributed by atoms with Crippen LogP contribution in [0.25, 0.3) is 0 Å². The van der Waals surface area contributed by atoms with Crippen molar-refractivity contribution in [3.05, 3.63) is 41.5 Å². The first-order valence-electron chi connectivity index (χ1n) is 21.3. The molecule has 2 heterocycles. The summed E-state index contributed by atoms with van der Waals surface area (Å²) in [4.78, 5) is 83.1. The topological polar surface area (TPSA) is 246 Å². The fourth-order valence-electron chi connectivity index (χ4n) is 7.52. The van der Waals surface area contributed by atoms with E-state index in [1.54, 1.807) is 25.1 Å². The summed E-state index contributed by atoms with van der Waals surface area (Å²) in [6.45, 7) is 8.02. The Balaban J connectivity index is 2.00. The van der Waals surface area contributed by atoms with E-state index >= 15 is 0 Å². The number of hydrogen-bond acceptors (Lipinski definition) is 9. The van der Waals surface area contributed by atoms with Gasteiger partial charge < -0.3 is 47.8 Å². The predicted octanol–water partition coefficient (Wildman–Crippen LogP) is 2.95. The lowest BCUT2D eigenvalue weighted by molar-refractivity contribution is -0.143. The maximum atomic E-state index is 14.3. The van der Waals surface area contributed by atoms with Gasteiger partial charge in [-0.15, -0.1) is 0 Å². The molecule has 1 aromatic rings. The fourth-order valence-corrected chi connectivity index (χ4v) is 7.52. The van der Waals surface area contributed by atoms with Crippen LogP contribution in [0, 0.1) is 11.8 Å². The van der Waals surface area contributed by atoms with Crippen molar-refractivity contribution in [2.24, 2.45) is 23.3 Å². The summed E-state index contributed by atoms with van der Waals surface area (Å²) < 4.78 is 0. The van der Waals surface area contributed by atoms with E-state index in [1.807, 2.05) is 26.8 Å². The van der Waals surface area contributed by atoms with Crippen LogP contribution in [0.1, 0.15) is 122 Å². The predicted molar refractivity (Wildman–Crippen MR) is 222 cm³/mol. The highest BCUT2D eigenvalue weighted by Gasteiger charge is 2.40. The number of carboxylic acid groups (broad SMARTS) is 1. The van der Waals surface area contributed by atoms with Crippen molar-refractivity contribution in [3.63, 3.8) is 0 Å². The van der Waals surface area contributed by atoms with Crippen LogP contribution >= 0.6 is 0 Å². The smallest absolute Gasteiger partial charge is 0.326 e. The number of nitrogens with two attached hydrogens (primary N) is 2. The Bertz CT molecular complexity index is 1570. The third kappa shape index (κ3) is 15.0. The lowest BCUT2D eigenvalue weighted by Gasteiger charge is -2.31. The van der Waals surface area contributed by atoms with Gasteiger partial charge in [-0.3, -0.25) is 24.0 Å². The molecule has 7 atom stereocenters. The molecule has 2 bridgehead atoms. The van der Waals surface area contributed by atoms with Crippen LogP contribution in [0.4, 0.5) is 0 Å². The van der Waals surface area contributed by atoms with Crippen LogP contribution in [0.5, 0.6) is 5.75 Å². The molecule has 15 nitrogen and oxygen atoms in total. The van der Waals surface area contributed by atoms with Crippen LogP contribution in [0.15, 0.2) is 30.4 Å². The zero-order valence-electron chi connectivity index (χ0n) is 35.0. The number of carbonyl (C=O) groups excluding carboxylic acids is 5. The average molecular weight is 812 g/mol. The van der Waals surface area contributed by atoms with Gasteiger partial charge in [0.2, 0.25) is 29.5 Å². The highest BCUT2D eigenvalue weighted by atomic mass is 16.4. The number of benzene rings is 1. The number of aliphatic carboxylic acids is 1. The number of carboxylic acids is 1. The third-order valence-electron chi connectivity index (χ3n) is 11.2. The van der Waals surface area contributed by atoms with Gasteiger partial charge in [-0.25, -0.2) is 4.79 Å². The highest BCUT2D eigenvalue weighted by molar-refractivity contribution is 5.96. The van der Waals surface area contributed by atoms with Gasteiger partial charge in [0, 0.05) is 13.0 Å². The maximum Gasteiger partial charge on any atom is 0.326 e. The van der Waals surface area contributed by atoms with Crippen LogP contribution in [-0.2, 0) is 41.6 Å². The summed E-state index contributed by atoms with van der Waals surface area (Å²) in [6, 6.07) is -1.13. The van der Waals surface area contributed by atoms with Crippen molar-refractivity contribution in [2.45, 2.75) is 160 Å². The minimum atomic E-state index is -1.22. The number of allylic oxidation sites excluding steroid dienone is 2. The monoisotopic (exact) mass is 812 g/mol. The molecule has 324 valence electrons. The van der Waals surface area contributed by atoms with E-state index in [2.05, 4.69) is 27.3 Å². The Hall–Kier alpha value is -4.50. The van der Waals surface area contributed by atoms with E-state index < -0.39 is 77.7 Å². The molecule has 2 aliphatic heterocycles. The second-order valence-corrected chi connectivity index (χ2v) is 16.4. The van der Waals surface area contributed by atoms with Gasteiger partial charge in [-0.1, -0.05) is 77.7 Å². The highest BCUT2D eigenvalue weighted by Crippen LogP contribution is 2.23. The number of aromatic hydroxyl groups is 1. The summed E-state index contributed by atoms with van der Waals surface area (Å²) in [5.74, 6) is -4.22. The second kappa shape index (κ2) is 24.4. The molecule has 10 N–H and O–H groups in total. The van der Waals surface area contributed by atoms with E-state index in [1.165, 1.54) is 4.90 Å². The summed E-state index contributed by atoms with van der Waals surface area (Å²) in [6.07, 6.45) is 12.4. The summed E-state index contributed by atoms with van der Waals surface area (Å²) >= 11 is 0. The standard InChI is InChI=1S/C43H69N7O8/c1-5-28(4)37(41(55)48-34(43(57)58)24-27(2)3)49-39(53)33-26-29-20-21-36(51)30(25-29)16-11-9-7-6-8-10-12-17-31(45)38(52)46-32(18-13-14-22-44)42(56)50-23-15-19-35(50)40(54)47-33/h9,11,20-21,25,27-28,31-35,37,51H,5-8,10,12-19,22-24,26,44-45H2,1-4H3,(H,46,52)(H,47,54)(H,48,55)(H,49,53)(H,57,58)/b11-9+/t28-,31-,32-,33-,34-,35-,37-/m0/s1. The first kappa shape index (κ1) is 47.9. The number of unbranched alkanes of at least 4 members (excludes halogenated alkanes) is 1. The van der Waals surface area contributed by atoms with Crippen LogP contribution in [-0.4, -0.2) is 100.0 Å². The SMILES string of the molecule is CC[C@H](C)[C@H](NC(=O)[C@@H]1Cc2ccc(O)c(c2)C/C=C/CCCCCC[C@H](N)C(=O)N[C@@H](CCCCN)C(=O)N2CCC[C@H]2C(=O)N1)C(=O)N[C@@H](CC(C)C)C(=O)O. The molecule has 0 radical (unpaired) electrons. The average Bonchev–Trinajstić information content (AvgIpc) is 3.68. The lowest BCUT2D eigenvalue weighted by atomic mass is 9.95. The first-order chi connectivity index (χ1) is 27.7. The van der Waals surface area contributed by atoms with Gasteiger partial charge in [0.15, 0.2) is 0 Å². The van der Waals surface area contributed by atoms with Crippen LogP contribution < -0.4 is 32.7 Å². The molecule has 15 heteroatoms. The number of amides is 5. The number of carbonyl (C=O) groups is 6. The molecule has 1 aromatic carbocycles. The minimum absolute atomic E-state index is 0.00909. The number of nitrogens with zero attached hydrogens (tertiary/aromatic N) is 1. The molecular formula is C43H69N7O8. The number of rotatable bonds is 13. The van der Waals surface area contributed by atoms with Crippen molar-refractivity contribution in [2.75, 3.05) is 13.1 Å². The van der Waals surface area contributed by atoms with Gasteiger partial charge in [0.25, 0.3) is 0 Å². The summed E-state index contributed by atoms with van der Waals surface area (Å²) in [5.41, 5.74) is 13.3. The summed E-state index contributed by atoms with van der Waals surface area (Å²) in [5, 5.41) is 31.7. The Kier molecular flexibility index (Phi) is 20.2. The van der Waals surface area contributed by atoms with Crippen molar-refractivity contribution in [1.29, 1.82) is 0 Å². The largest absolute Gasteiger partial charge is 0.508 e. The quantitative estimate of drug-likeness (QED) is 0.107. The normalized spacial score (nSPS) is 23.8.